The molecule has 0 saturated carbocycles. The van der Waals surface area contributed by atoms with E-state index in [9.17, 15) is 9.59 Å². The van der Waals surface area contributed by atoms with Gasteiger partial charge in [-0.3, -0.25) is 19.4 Å². The normalized spacial score (nSPS) is 14.9. The molecule has 1 aromatic carbocycles. The fraction of sp³-hybridized carbons (Fsp3) is 0.353. The number of rotatable bonds is 5. The van der Waals surface area contributed by atoms with E-state index in [1.807, 2.05) is 19.9 Å². The number of ether oxygens (including phenoxy) is 2. The van der Waals surface area contributed by atoms with Gasteiger partial charge in [0.2, 0.25) is 0 Å². The van der Waals surface area contributed by atoms with E-state index in [1.165, 1.54) is 9.80 Å². The number of hydrogen-bond donors (Lipinski definition) is 0. The Balaban J connectivity index is 2.51. The number of nitrogens with zero attached hydrogens (tertiary/aromatic N) is 2. The maximum absolute atomic E-state index is 12.4. The predicted molar refractivity (Wildman–Crippen MR) is 108 cm³/mol. The second kappa shape index (κ2) is 8.13. The van der Waals surface area contributed by atoms with Crippen molar-refractivity contribution in [1.82, 2.24) is 9.80 Å². The fourth-order valence-corrected chi connectivity index (χ4v) is 3.31. The topological polar surface area (TPSA) is 59.1 Å². The summed E-state index contributed by atoms with van der Waals surface area (Å²) in [4.78, 5) is 27.4. The van der Waals surface area contributed by atoms with Crippen molar-refractivity contribution in [3.8, 4) is 11.5 Å². The van der Waals surface area contributed by atoms with Gasteiger partial charge in [0.15, 0.2) is 16.6 Å². The Morgan fingerprint density at radius 1 is 1.08 bits per heavy atom. The number of amides is 2. The highest BCUT2D eigenvalue weighted by Gasteiger charge is 2.35. The Morgan fingerprint density at radius 2 is 1.64 bits per heavy atom. The summed E-state index contributed by atoms with van der Waals surface area (Å²) in [6.07, 6.45) is 1.56. The fourth-order valence-electron chi connectivity index (χ4n) is 2.36. The van der Waals surface area contributed by atoms with Crippen molar-refractivity contribution in [3.63, 3.8) is 0 Å². The molecule has 6 nitrogen and oxygen atoms in total. The summed E-state index contributed by atoms with van der Waals surface area (Å²) in [6, 6.07) is 3.60. The molecule has 0 spiro atoms. The van der Waals surface area contributed by atoms with Crippen molar-refractivity contribution in [2.75, 3.05) is 27.3 Å². The highest BCUT2D eigenvalue weighted by atomic mass is 127. The number of carbonyl (C=O) groups is 2. The molecule has 134 valence electrons. The molecule has 0 unspecified atom stereocenters. The number of carbonyl (C=O) groups excluding carboxylic acids is 2. The third-order valence-corrected chi connectivity index (χ3v) is 4.92. The molecule has 25 heavy (non-hydrogen) atoms. The molecule has 1 heterocycles. The van der Waals surface area contributed by atoms with Crippen LogP contribution in [0.2, 0.25) is 0 Å². The van der Waals surface area contributed by atoms with Crippen molar-refractivity contribution >= 4 is 57.8 Å². The molecule has 1 aromatic rings. The van der Waals surface area contributed by atoms with Crippen molar-refractivity contribution in [3.05, 3.63) is 26.8 Å². The molecule has 0 aromatic heterocycles. The summed E-state index contributed by atoms with van der Waals surface area (Å²) in [5.41, 5.74) is 0.739. The summed E-state index contributed by atoms with van der Waals surface area (Å²) < 4.78 is 12.1. The summed E-state index contributed by atoms with van der Waals surface area (Å²) in [6.45, 7) is 4.77. The minimum absolute atomic E-state index is 0.0565. The minimum atomic E-state index is -0.421. The Hall–Kier alpha value is -1.68. The van der Waals surface area contributed by atoms with Gasteiger partial charge in [-0.05, 0) is 72.4 Å². The van der Waals surface area contributed by atoms with Gasteiger partial charge < -0.3 is 9.47 Å². The molecular formula is C17H19IN2O4S. The largest absolute Gasteiger partial charge is 0.490 e. The average Bonchev–Trinajstić information content (AvgIpc) is 2.58. The lowest BCUT2D eigenvalue weighted by atomic mass is 10.1. The van der Waals surface area contributed by atoms with Crippen molar-refractivity contribution in [2.24, 2.45) is 0 Å². The number of hydrogen-bond acceptors (Lipinski definition) is 5. The molecule has 0 aliphatic carbocycles. The van der Waals surface area contributed by atoms with Crippen LogP contribution >= 0.6 is 34.8 Å². The van der Waals surface area contributed by atoms with E-state index in [0.29, 0.717) is 30.3 Å². The van der Waals surface area contributed by atoms with Gasteiger partial charge in [0.1, 0.15) is 5.57 Å². The summed E-state index contributed by atoms with van der Waals surface area (Å²) >= 11 is 7.24. The third kappa shape index (κ3) is 3.95. The molecule has 0 atom stereocenters. The van der Waals surface area contributed by atoms with Crippen LogP contribution in [-0.2, 0) is 9.59 Å². The van der Waals surface area contributed by atoms with Gasteiger partial charge in [-0.2, -0.15) is 0 Å². The smallest absolute Gasteiger partial charge is 0.265 e. The Bertz CT molecular complexity index is 737. The Morgan fingerprint density at radius 3 is 2.16 bits per heavy atom. The molecule has 8 heteroatoms. The van der Waals surface area contributed by atoms with Crippen LogP contribution in [-0.4, -0.2) is 54.0 Å². The molecule has 1 aliphatic heterocycles. The first-order valence-corrected chi connectivity index (χ1v) is 9.21. The molecule has 1 fully saturated rings. The van der Waals surface area contributed by atoms with Gasteiger partial charge >= 0.3 is 0 Å². The number of likely N-dealkylation sites (N-methyl/N-ethyl adjacent to an activating group) is 2. The summed E-state index contributed by atoms with van der Waals surface area (Å²) in [5, 5.41) is 0.184. The van der Waals surface area contributed by atoms with Crippen LogP contribution in [0, 0.1) is 3.57 Å². The molecule has 2 rings (SSSR count). The van der Waals surface area contributed by atoms with Crippen molar-refractivity contribution in [1.29, 1.82) is 0 Å². The van der Waals surface area contributed by atoms with E-state index in [4.69, 9.17) is 21.7 Å². The lowest BCUT2D eigenvalue weighted by molar-refractivity contribution is -0.132. The van der Waals surface area contributed by atoms with Crippen LogP contribution in [0.1, 0.15) is 19.4 Å². The van der Waals surface area contributed by atoms with Gasteiger partial charge in [0, 0.05) is 14.1 Å². The first-order chi connectivity index (χ1) is 11.8. The van der Waals surface area contributed by atoms with E-state index in [2.05, 4.69) is 22.6 Å². The second-order valence-electron chi connectivity index (χ2n) is 5.26. The van der Waals surface area contributed by atoms with Crippen LogP contribution in [0.4, 0.5) is 0 Å². The van der Waals surface area contributed by atoms with E-state index >= 15 is 0 Å². The van der Waals surface area contributed by atoms with Crippen LogP contribution in [0.25, 0.3) is 6.08 Å². The average molecular weight is 474 g/mol. The zero-order chi connectivity index (χ0) is 18.7. The Kier molecular flexibility index (Phi) is 6.39. The minimum Gasteiger partial charge on any atom is -0.490 e. The lowest BCUT2D eigenvalue weighted by Crippen LogP contribution is -2.52. The van der Waals surface area contributed by atoms with Crippen LogP contribution in [0.15, 0.2) is 17.7 Å². The molecule has 0 N–H and O–H groups in total. The highest BCUT2D eigenvalue weighted by molar-refractivity contribution is 14.1. The molecular weight excluding hydrogens is 455 g/mol. The molecule has 2 amide bonds. The highest BCUT2D eigenvalue weighted by Crippen LogP contribution is 2.35. The zero-order valence-corrected chi connectivity index (χ0v) is 17.4. The lowest BCUT2D eigenvalue weighted by Gasteiger charge is -2.31. The van der Waals surface area contributed by atoms with E-state index in [1.54, 1.807) is 26.2 Å². The van der Waals surface area contributed by atoms with Gasteiger partial charge in [0.05, 0.1) is 16.8 Å². The second-order valence-corrected chi connectivity index (χ2v) is 6.79. The summed E-state index contributed by atoms with van der Waals surface area (Å²) in [5.74, 6) is 0.393. The van der Waals surface area contributed by atoms with E-state index in [0.717, 1.165) is 3.57 Å². The molecule has 0 radical (unpaired) electrons. The first kappa shape index (κ1) is 19.6. The SMILES string of the molecule is CCOc1cc(C=C2C(=O)N(C)C(=S)N(C)C2=O)cc(I)c1OCC. The van der Waals surface area contributed by atoms with E-state index < -0.39 is 11.8 Å². The molecule has 1 saturated heterocycles. The first-order valence-electron chi connectivity index (χ1n) is 7.72. The van der Waals surface area contributed by atoms with Gasteiger partial charge in [-0.25, -0.2) is 0 Å². The maximum Gasteiger partial charge on any atom is 0.265 e. The van der Waals surface area contributed by atoms with Crippen LogP contribution < -0.4 is 9.47 Å². The van der Waals surface area contributed by atoms with Crippen LogP contribution in [0.3, 0.4) is 0 Å². The van der Waals surface area contributed by atoms with Crippen molar-refractivity contribution in [2.45, 2.75) is 13.8 Å². The van der Waals surface area contributed by atoms with Crippen LogP contribution in [0.5, 0.6) is 11.5 Å². The monoisotopic (exact) mass is 474 g/mol. The van der Waals surface area contributed by atoms with Gasteiger partial charge in [-0.1, -0.05) is 0 Å². The quantitative estimate of drug-likeness (QED) is 0.284. The third-order valence-electron chi connectivity index (χ3n) is 3.58. The molecule has 1 aliphatic rings. The molecule has 0 bridgehead atoms. The number of thiocarbonyl (C=S) groups is 1. The zero-order valence-electron chi connectivity index (χ0n) is 14.5. The predicted octanol–water partition coefficient (Wildman–Crippen LogP) is 2.69. The van der Waals surface area contributed by atoms with Gasteiger partial charge in [0.25, 0.3) is 11.8 Å². The number of benzene rings is 1. The Labute approximate surface area is 165 Å². The standard InChI is InChI=1S/C17H19IN2O4S/c1-5-23-13-9-10(8-12(18)14(13)24-6-2)7-11-15(21)19(3)17(25)20(4)16(11)22/h7-9H,5-6H2,1-4H3. The van der Waals surface area contributed by atoms with Crippen molar-refractivity contribution < 1.29 is 19.1 Å². The number of halogens is 1. The van der Waals surface area contributed by atoms with Gasteiger partial charge in [-0.15, -0.1) is 0 Å². The maximum atomic E-state index is 12.4. The summed E-state index contributed by atoms with van der Waals surface area (Å²) in [7, 11) is 3.10. The van der Waals surface area contributed by atoms with E-state index in [-0.39, 0.29) is 10.7 Å².